The molecule has 3 rings (SSSR count). The molecule has 0 aliphatic heterocycles. The number of nitrogens with two attached hydrogens (primary N) is 1. The molecule has 0 aliphatic rings. The summed E-state index contributed by atoms with van der Waals surface area (Å²) >= 11 is 6.02. The van der Waals surface area contributed by atoms with Crippen molar-refractivity contribution in [2.24, 2.45) is 7.05 Å². The molecule has 0 spiro atoms. The molecule has 0 unspecified atom stereocenters. The lowest BCUT2D eigenvalue weighted by Crippen LogP contribution is -1.95. The number of nitrogens with zero attached hydrogens (tertiary/aromatic N) is 3. The average Bonchev–Trinajstić information content (AvgIpc) is 2.66. The first-order valence-electron chi connectivity index (χ1n) is 5.49. The second-order valence-corrected chi connectivity index (χ2v) is 4.55. The van der Waals surface area contributed by atoms with Gasteiger partial charge in [-0.3, -0.25) is 0 Å². The number of benzene rings is 1. The Morgan fingerprint density at radius 2 is 2.11 bits per heavy atom. The third-order valence-electron chi connectivity index (χ3n) is 2.81. The van der Waals surface area contributed by atoms with Crippen LogP contribution in [-0.2, 0) is 7.05 Å². The van der Waals surface area contributed by atoms with Crippen LogP contribution >= 0.6 is 11.6 Å². The van der Waals surface area contributed by atoms with E-state index in [1.807, 2.05) is 35.9 Å². The third-order valence-corrected chi connectivity index (χ3v) is 3.02. The highest BCUT2D eigenvalue weighted by molar-refractivity contribution is 6.31. The summed E-state index contributed by atoms with van der Waals surface area (Å²) in [6, 6.07) is 9.21. The Bertz CT molecular complexity index is 713. The second-order valence-electron chi connectivity index (χ2n) is 4.11. The van der Waals surface area contributed by atoms with Crippen LogP contribution in [0.15, 0.2) is 36.5 Å². The highest BCUT2D eigenvalue weighted by atomic mass is 35.5. The maximum atomic E-state index is 6.02. The fourth-order valence-corrected chi connectivity index (χ4v) is 2.27. The van der Waals surface area contributed by atoms with Crippen molar-refractivity contribution in [2.45, 2.75) is 0 Å². The van der Waals surface area contributed by atoms with Gasteiger partial charge in [0.05, 0.1) is 0 Å². The van der Waals surface area contributed by atoms with Crippen molar-refractivity contribution in [3.63, 3.8) is 0 Å². The molecule has 90 valence electrons. The Balaban J connectivity index is 2.28. The van der Waals surface area contributed by atoms with E-state index < -0.39 is 0 Å². The van der Waals surface area contributed by atoms with Gasteiger partial charge in [0.2, 0.25) is 0 Å². The van der Waals surface area contributed by atoms with Gasteiger partial charge >= 0.3 is 0 Å². The Morgan fingerprint density at radius 3 is 2.83 bits per heavy atom. The van der Waals surface area contributed by atoms with Gasteiger partial charge < -0.3 is 10.3 Å². The lowest BCUT2D eigenvalue weighted by atomic mass is 10.2. The van der Waals surface area contributed by atoms with Gasteiger partial charge in [-0.1, -0.05) is 11.6 Å². The van der Waals surface area contributed by atoms with E-state index >= 15 is 0 Å². The van der Waals surface area contributed by atoms with E-state index in [4.69, 9.17) is 17.3 Å². The van der Waals surface area contributed by atoms with Crippen molar-refractivity contribution in [3.8, 4) is 11.4 Å². The molecule has 0 aliphatic carbocycles. The molecule has 4 nitrogen and oxygen atoms in total. The second kappa shape index (κ2) is 3.99. The zero-order valence-corrected chi connectivity index (χ0v) is 10.5. The van der Waals surface area contributed by atoms with Crippen LogP contribution < -0.4 is 5.73 Å². The van der Waals surface area contributed by atoms with Gasteiger partial charge in [-0.15, -0.1) is 0 Å². The first kappa shape index (κ1) is 11.0. The minimum absolute atomic E-state index is 0.602. The van der Waals surface area contributed by atoms with E-state index in [0.717, 1.165) is 22.6 Å². The molecular weight excluding hydrogens is 248 g/mol. The van der Waals surface area contributed by atoms with Crippen LogP contribution in [0.4, 0.5) is 5.69 Å². The summed E-state index contributed by atoms with van der Waals surface area (Å²) in [7, 11) is 1.93. The van der Waals surface area contributed by atoms with E-state index in [1.165, 1.54) is 0 Å². The molecule has 0 radical (unpaired) electrons. The number of hydrogen-bond donors (Lipinski definition) is 1. The summed E-state index contributed by atoms with van der Waals surface area (Å²) in [5.41, 5.74) is 9.01. The number of anilines is 1. The van der Waals surface area contributed by atoms with Gasteiger partial charge in [0.25, 0.3) is 0 Å². The lowest BCUT2D eigenvalue weighted by Gasteiger charge is -2.04. The number of aryl methyl sites for hydroxylation is 1. The highest BCUT2D eigenvalue weighted by Gasteiger charge is 2.11. The zero-order valence-electron chi connectivity index (χ0n) is 9.76. The monoisotopic (exact) mass is 258 g/mol. The SMILES string of the molecule is Cn1c(-c2cc(N)cc(Cl)c2)nc2cccnc21. The number of aromatic nitrogens is 3. The van der Waals surface area contributed by atoms with E-state index in [1.54, 1.807) is 12.3 Å². The fourth-order valence-electron chi connectivity index (χ4n) is 2.02. The standard InChI is InChI=1S/C13H11ClN4/c1-18-12(8-5-9(14)7-10(15)6-8)17-11-3-2-4-16-13(11)18/h2-7H,15H2,1H3. The van der Waals surface area contributed by atoms with Gasteiger partial charge in [-0.2, -0.15) is 0 Å². The normalized spacial score (nSPS) is 11.0. The molecule has 0 atom stereocenters. The minimum atomic E-state index is 0.602. The van der Waals surface area contributed by atoms with Crippen LogP contribution in [0.2, 0.25) is 5.02 Å². The zero-order chi connectivity index (χ0) is 12.7. The molecule has 3 aromatic rings. The van der Waals surface area contributed by atoms with Gasteiger partial charge in [0.1, 0.15) is 11.3 Å². The van der Waals surface area contributed by atoms with E-state index in [-0.39, 0.29) is 0 Å². The number of pyridine rings is 1. The quantitative estimate of drug-likeness (QED) is 0.683. The third kappa shape index (κ3) is 1.71. The summed E-state index contributed by atoms with van der Waals surface area (Å²) < 4.78 is 1.93. The molecule has 0 saturated heterocycles. The van der Waals surface area contributed by atoms with Gasteiger partial charge in [0, 0.05) is 29.5 Å². The first-order chi connectivity index (χ1) is 8.65. The van der Waals surface area contributed by atoms with Crippen LogP contribution in [0.3, 0.4) is 0 Å². The number of imidazole rings is 1. The van der Waals surface area contributed by atoms with E-state index in [0.29, 0.717) is 10.7 Å². The molecule has 0 amide bonds. The van der Waals surface area contributed by atoms with Crippen LogP contribution in [0.5, 0.6) is 0 Å². The maximum Gasteiger partial charge on any atom is 0.159 e. The molecule has 0 saturated carbocycles. The van der Waals surface area contributed by atoms with E-state index in [9.17, 15) is 0 Å². The summed E-state index contributed by atoms with van der Waals surface area (Å²) in [6.45, 7) is 0. The van der Waals surface area contributed by atoms with Crippen LogP contribution in [0.1, 0.15) is 0 Å². The number of fused-ring (bicyclic) bond motifs is 1. The van der Waals surface area contributed by atoms with Gasteiger partial charge in [-0.25, -0.2) is 9.97 Å². The molecule has 0 fully saturated rings. The molecule has 2 heterocycles. The fraction of sp³-hybridized carbons (Fsp3) is 0.0769. The lowest BCUT2D eigenvalue weighted by molar-refractivity contribution is 0.942. The first-order valence-corrected chi connectivity index (χ1v) is 5.87. The Morgan fingerprint density at radius 1 is 1.28 bits per heavy atom. The molecular formula is C13H11ClN4. The van der Waals surface area contributed by atoms with Crippen LogP contribution in [0, 0.1) is 0 Å². The maximum absolute atomic E-state index is 6.02. The smallest absolute Gasteiger partial charge is 0.159 e. The van der Waals surface area contributed by atoms with Gasteiger partial charge in [-0.05, 0) is 30.3 Å². The Hall–Kier alpha value is -2.07. The number of rotatable bonds is 1. The molecule has 18 heavy (non-hydrogen) atoms. The molecule has 2 N–H and O–H groups in total. The molecule has 2 aromatic heterocycles. The Labute approximate surface area is 109 Å². The van der Waals surface area contributed by atoms with Crippen molar-refractivity contribution in [1.82, 2.24) is 14.5 Å². The Kier molecular flexibility index (Phi) is 2.45. The summed E-state index contributed by atoms with van der Waals surface area (Å²) in [6.07, 6.45) is 1.75. The largest absolute Gasteiger partial charge is 0.399 e. The average molecular weight is 259 g/mol. The highest BCUT2D eigenvalue weighted by Crippen LogP contribution is 2.27. The number of nitrogen functional groups attached to an aromatic ring is 1. The van der Waals surface area contributed by atoms with Crippen molar-refractivity contribution < 1.29 is 0 Å². The number of halogens is 1. The summed E-state index contributed by atoms with van der Waals surface area (Å²) in [4.78, 5) is 8.86. The number of hydrogen-bond acceptors (Lipinski definition) is 3. The summed E-state index contributed by atoms with van der Waals surface area (Å²) in [5, 5.41) is 0.602. The van der Waals surface area contributed by atoms with Crippen LogP contribution in [-0.4, -0.2) is 14.5 Å². The van der Waals surface area contributed by atoms with Crippen molar-refractivity contribution >= 4 is 28.5 Å². The van der Waals surface area contributed by atoms with Crippen molar-refractivity contribution in [1.29, 1.82) is 0 Å². The van der Waals surface area contributed by atoms with Crippen molar-refractivity contribution in [2.75, 3.05) is 5.73 Å². The molecule has 5 heteroatoms. The molecule has 1 aromatic carbocycles. The summed E-state index contributed by atoms with van der Waals surface area (Å²) in [5.74, 6) is 0.804. The predicted molar refractivity (Wildman–Crippen MR) is 73.4 cm³/mol. The van der Waals surface area contributed by atoms with Gasteiger partial charge in [0.15, 0.2) is 5.65 Å². The molecule has 0 bridgehead atoms. The topological polar surface area (TPSA) is 56.7 Å². The predicted octanol–water partition coefficient (Wildman–Crippen LogP) is 2.87. The van der Waals surface area contributed by atoms with Crippen molar-refractivity contribution in [3.05, 3.63) is 41.6 Å². The minimum Gasteiger partial charge on any atom is -0.399 e. The van der Waals surface area contributed by atoms with E-state index in [2.05, 4.69) is 9.97 Å². The van der Waals surface area contributed by atoms with Crippen LogP contribution in [0.25, 0.3) is 22.6 Å².